The first-order valence-electron chi connectivity index (χ1n) is 5.92. The molecule has 0 fully saturated rings. The molecule has 1 atom stereocenters. The minimum atomic E-state index is 0. The minimum Gasteiger partial charge on any atom is -0.348 e. The second-order valence-electron chi connectivity index (χ2n) is 4.63. The van der Waals surface area contributed by atoms with Crippen molar-refractivity contribution in [2.24, 2.45) is 12.8 Å². The average molecular weight is 253 g/mol. The number of nitrogens with zero attached hydrogens (tertiary/aromatic N) is 1. The van der Waals surface area contributed by atoms with E-state index in [1.165, 1.54) is 22.2 Å². The molecule has 1 aromatic heterocycles. The lowest BCUT2D eigenvalue weighted by Gasteiger charge is -2.09. The van der Waals surface area contributed by atoms with Gasteiger partial charge in [0.1, 0.15) is 0 Å². The summed E-state index contributed by atoms with van der Waals surface area (Å²) in [4.78, 5) is 0. The Morgan fingerprint density at radius 1 is 1.29 bits per heavy atom. The van der Waals surface area contributed by atoms with E-state index >= 15 is 0 Å². The molecule has 0 saturated carbocycles. The van der Waals surface area contributed by atoms with Gasteiger partial charge in [0.05, 0.1) is 0 Å². The fraction of sp³-hybridized carbons (Fsp3) is 0.429. The lowest BCUT2D eigenvalue weighted by atomic mass is 10.1. The molecule has 2 aromatic rings. The number of halogens is 1. The minimum absolute atomic E-state index is 0. The number of rotatable bonds is 3. The van der Waals surface area contributed by atoms with Gasteiger partial charge in [0, 0.05) is 36.1 Å². The first kappa shape index (κ1) is 14.1. The molecule has 3 heteroatoms. The molecule has 0 aliphatic rings. The van der Waals surface area contributed by atoms with Crippen LogP contribution < -0.4 is 5.73 Å². The van der Waals surface area contributed by atoms with Crippen molar-refractivity contribution in [3.05, 3.63) is 35.5 Å². The quantitative estimate of drug-likeness (QED) is 0.894. The number of aromatic nitrogens is 1. The first-order valence-corrected chi connectivity index (χ1v) is 5.92. The van der Waals surface area contributed by atoms with Gasteiger partial charge in [0.15, 0.2) is 0 Å². The molecule has 0 saturated heterocycles. The summed E-state index contributed by atoms with van der Waals surface area (Å²) in [6.45, 7) is 4.27. The normalized spacial score (nSPS) is 12.5. The molecular formula is C14H21ClN2. The van der Waals surface area contributed by atoms with Crippen molar-refractivity contribution >= 4 is 23.3 Å². The highest BCUT2D eigenvalue weighted by Gasteiger charge is 2.08. The van der Waals surface area contributed by atoms with Gasteiger partial charge in [-0.1, -0.05) is 18.6 Å². The number of hydrogen-bond acceptors (Lipinski definition) is 1. The van der Waals surface area contributed by atoms with E-state index in [2.05, 4.69) is 49.7 Å². The first-order chi connectivity index (χ1) is 7.61. The topological polar surface area (TPSA) is 30.9 Å². The van der Waals surface area contributed by atoms with E-state index in [9.17, 15) is 0 Å². The molecular weight excluding hydrogens is 232 g/mol. The third-order valence-corrected chi connectivity index (χ3v) is 3.29. The van der Waals surface area contributed by atoms with Gasteiger partial charge >= 0.3 is 0 Å². The van der Waals surface area contributed by atoms with Gasteiger partial charge in [-0.2, -0.15) is 0 Å². The van der Waals surface area contributed by atoms with E-state index in [0.29, 0.717) is 0 Å². The molecule has 1 unspecified atom stereocenters. The summed E-state index contributed by atoms with van der Waals surface area (Å²) >= 11 is 0. The molecule has 0 bridgehead atoms. The summed E-state index contributed by atoms with van der Waals surface area (Å²) in [6, 6.07) is 9.11. The zero-order chi connectivity index (χ0) is 11.7. The van der Waals surface area contributed by atoms with Crippen LogP contribution in [0.3, 0.4) is 0 Å². The highest BCUT2D eigenvalue weighted by Crippen LogP contribution is 2.21. The van der Waals surface area contributed by atoms with Crippen LogP contribution in [-0.2, 0) is 13.5 Å². The summed E-state index contributed by atoms with van der Waals surface area (Å²) < 4.78 is 2.25. The summed E-state index contributed by atoms with van der Waals surface area (Å²) in [6.07, 6.45) is 1.99. The summed E-state index contributed by atoms with van der Waals surface area (Å²) in [5, 5.41) is 1.32. The van der Waals surface area contributed by atoms with Crippen molar-refractivity contribution in [3.63, 3.8) is 0 Å². The molecule has 1 aromatic carbocycles. The van der Waals surface area contributed by atoms with Gasteiger partial charge in [-0.3, -0.25) is 0 Å². The molecule has 0 spiro atoms. The highest BCUT2D eigenvalue weighted by molar-refractivity contribution is 5.85. The summed E-state index contributed by atoms with van der Waals surface area (Å²) in [5.74, 6) is 0. The summed E-state index contributed by atoms with van der Waals surface area (Å²) in [7, 11) is 2.12. The Morgan fingerprint density at radius 2 is 2.00 bits per heavy atom. The van der Waals surface area contributed by atoms with Crippen LogP contribution in [0.2, 0.25) is 0 Å². The molecule has 0 aliphatic carbocycles. The molecule has 0 aliphatic heterocycles. The lowest BCUT2D eigenvalue weighted by molar-refractivity contribution is 0.624. The Bertz CT molecular complexity index is 502. The smallest absolute Gasteiger partial charge is 0.0480 e. The van der Waals surface area contributed by atoms with Gasteiger partial charge < -0.3 is 10.3 Å². The third kappa shape index (κ3) is 2.82. The third-order valence-electron chi connectivity index (χ3n) is 3.29. The molecule has 0 amide bonds. The molecule has 94 valence electrons. The molecule has 2 rings (SSSR count). The summed E-state index contributed by atoms with van der Waals surface area (Å²) in [5.41, 5.74) is 9.95. The predicted octanol–water partition coefficient (Wildman–Crippen LogP) is 3.19. The van der Waals surface area contributed by atoms with Crippen LogP contribution in [0, 0.1) is 6.92 Å². The highest BCUT2D eigenvalue weighted by atomic mass is 35.5. The van der Waals surface area contributed by atoms with Crippen LogP contribution in [-0.4, -0.2) is 10.6 Å². The fourth-order valence-corrected chi connectivity index (χ4v) is 2.13. The van der Waals surface area contributed by atoms with Gasteiger partial charge in [-0.25, -0.2) is 0 Å². The van der Waals surface area contributed by atoms with E-state index in [0.717, 1.165) is 12.8 Å². The average Bonchev–Trinajstić information content (AvgIpc) is 2.55. The number of benzene rings is 1. The zero-order valence-corrected chi connectivity index (χ0v) is 11.6. The fourth-order valence-electron chi connectivity index (χ4n) is 2.13. The Hall–Kier alpha value is -0.990. The number of aryl methyl sites for hydroxylation is 2. The van der Waals surface area contributed by atoms with Crippen LogP contribution >= 0.6 is 12.4 Å². The van der Waals surface area contributed by atoms with Gasteiger partial charge in [-0.15, -0.1) is 12.4 Å². The van der Waals surface area contributed by atoms with E-state index in [-0.39, 0.29) is 18.4 Å². The van der Waals surface area contributed by atoms with Crippen molar-refractivity contribution in [2.45, 2.75) is 32.7 Å². The van der Waals surface area contributed by atoms with Gasteiger partial charge in [-0.05, 0) is 31.5 Å². The van der Waals surface area contributed by atoms with Crippen LogP contribution in [0.25, 0.3) is 10.9 Å². The van der Waals surface area contributed by atoms with Gasteiger partial charge in [0.2, 0.25) is 0 Å². The zero-order valence-electron chi connectivity index (χ0n) is 10.7. The monoisotopic (exact) mass is 252 g/mol. The van der Waals surface area contributed by atoms with Crippen LogP contribution in [0.4, 0.5) is 0 Å². The Kier molecular flexibility index (Phi) is 4.61. The molecule has 2 nitrogen and oxygen atoms in total. The predicted molar refractivity (Wildman–Crippen MR) is 76.9 cm³/mol. The van der Waals surface area contributed by atoms with Crippen LogP contribution in [0.1, 0.15) is 24.6 Å². The second kappa shape index (κ2) is 5.56. The van der Waals surface area contributed by atoms with Crippen molar-refractivity contribution in [1.82, 2.24) is 4.57 Å². The Morgan fingerprint density at radius 3 is 2.65 bits per heavy atom. The number of fused-ring (bicyclic) bond motifs is 1. The Labute approximate surface area is 109 Å². The molecule has 1 heterocycles. The molecule has 2 N–H and O–H groups in total. The Balaban J connectivity index is 0.00000144. The maximum Gasteiger partial charge on any atom is 0.0480 e. The number of nitrogens with two attached hydrogens (primary N) is 1. The standard InChI is InChI=1S/C14H20N2.ClH/c1-4-12(15)9-13-8-11-7-10(2)5-6-14(11)16(13)3;/h5-8,12H,4,9,15H2,1-3H3;1H. The van der Waals surface area contributed by atoms with Crippen molar-refractivity contribution in [1.29, 1.82) is 0 Å². The van der Waals surface area contributed by atoms with Crippen LogP contribution in [0.15, 0.2) is 24.3 Å². The van der Waals surface area contributed by atoms with E-state index in [4.69, 9.17) is 5.73 Å². The maximum absolute atomic E-state index is 6.01. The van der Waals surface area contributed by atoms with Crippen molar-refractivity contribution in [3.8, 4) is 0 Å². The van der Waals surface area contributed by atoms with E-state index < -0.39 is 0 Å². The maximum atomic E-state index is 6.01. The largest absolute Gasteiger partial charge is 0.348 e. The SMILES string of the molecule is CCC(N)Cc1cc2cc(C)ccc2n1C.Cl. The van der Waals surface area contributed by atoms with Crippen molar-refractivity contribution in [2.75, 3.05) is 0 Å². The number of hydrogen-bond donors (Lipinski definition) is 1. The van der Waals surface area contributed by atoms with E-state index in [1.807, 2.05) is 0 Å². The molecule has 0 radical (unpaired) electrons. The van der Waals surface area contributed by atoms with Gasteiger partial charge in [0.25, 0.3) is 0 Å². The van der Waals surface area contributed by atoms with Crippen molar-refractivity contribution < 1.29 is 0 Å². The second-order valence-corrected chi connectivity index (χ2v) is 4.63. The van der Waals surface area contributed by atoms with E-state index in [1.54, 1.807) is 0 Å². The van der Waals surface area contributed by atoms with Crippen LogP contribution in [0.5, 0.6) is 0 Å². The lowest BCUT2D eigenvalue weighted by Crippen LogP contribution is -2.22. The molecule has 17 heavy (non-hydrogen) atoms.